The van der Waals surface area contributed by atoms with Crippen LogP contribution in [0.2, 0.25) is 0 Å². The summed E-state index contributed by atoms with van der Waals surface area (Å²) in [7, 11) is 0. The van der Waals surface area contributed by atoms with Gasteiger partial charge in [-0.05, 0) is 27.8 Å². The minimum Gasteiger partial charge on any atom is -0.392 e. The highest BCUT2D eigenvalue weighted by Crippen LogP contribution is 2.27. The molecule has 3 heteroatoms. The molecule has 0 saturated carbocycles. The van der Waals surface area contributed by atoms with E-state index in [1.165, 1.54) is 16.7 Å². The van der Waals surface area contributed by atoms with Gasteiger partial charge in [0, 0.05) is 19.6 Å². The molecule has 0 fully saturated rings. The molecule has 0 amide bonds. The highest BCUT2D eigenvalue weighted by molar-refractivity contribution is 5.40. The smallest absolute Gasteiger partial charge is 0.0685 e. The first-order chi connectivity index (χ1) is 9.80. The zero-order valence-corrected chi connectivity index (χ0v) is 11.4. The molecule has 0 radical (unpaired) electrons. The number of aliphatic hydroxyl groups excluding tert-OH is 2. The van der Waals surface area contributed by atoms with Crippen LogP contribution in [0, 0.1) is 0 Å². The Labute approximate surface area is 119 Å². The summed E-state index contributed by atoms with van der Waals surface area (Å²) < 4.78 is 0. The van der Waals surface area contributed by atoms with Crippen LogP contribution in [0.5, 0.6) is 0 Å². The number of aliphatic hydroxyl groups is 2. The summed E-state index contributed by atoms with van der Waals surface area (Å²) in [5.74, 6) is 0. The molecule has 0 aliphatic carbocycles. The van der Waals surface area contributed by atoms with Crippen molar-refractivity contribution in [2.24, 2.45) is 0 Å². The molecular formula is C17H19NO2. The van der Waals surface area contributed by atoms with E-state index in [4.69, 9.17) is 0 Å². The van der Waals surface area contributed by atoms with Gasteiger partial charge in [-0.15, -0.1) is 0 Å². The highest BCUT2D eigenvalue weighted by Gasteiger charge is 2.20. The van der Waals surface area contributed by atoms with Crippen molar-refractivity contribution in [3.63, 3.8) is 0 Å². The Hall–Kier alpha value is -1.68. The Morgan fingerprint density at radius 1 is 0.850 bits per heavy atom. The Balaban J connectivity index is 1.78. The van der Waals surface area contributed by atoms with Crippen molar-refractivity contribution in [1.82, 2.24) is 4.90 Å². The first-order valence-electron chi connectivity index (χ1n) is 6.91. The van der Waals surface area contributed by atoms with Gasteiger partial charge in [0.05, 0.1) is 13.2 Å². The average molecular weight is 269 g/mol. The van der Waals surface area contributed by atoms with Crippen molar-refractivity contribution in [3.05, 3.63) is 70.3 Å². The molecule has 0 bridgehead atoms. The predicted molar refractivity (Wildman–Crippen MR) is 77.7 cm³/mol. The molecule has 3 rings (SSSR count). The maximum atomic E-state index is 9.36. The third kappa shape index (κ3) is 2.61. The van der Waals surface area contributed by atoms with E-state index in [1.807, 2.05) is 18.2 Å². The number of benzene rings is 2. The minimum absolute atomic E-state index is 0.0120. The predicted octanol–water partition coefficient (Wildman–Crippen LogP) is 2.19. The van der Waals surface area contributed by atoms with Crippen LogP contribution in [0.15, 0.2) is 42.5 Å². The molecule has 2 aromatic carbocycles. The molecule has 0 saturated heterocycles. The van der Waals surface area contributed by atoms with Crippen LogP contribution in [-0.2, 0) is 32.8 Å². The van der Waals surface area contributed by atoms with Gasteiger partial charge in [-0.2, -0.15) is 0 Å². The van der Waals surface area contributed by atoms with Crippen LogP contribution >= 0.6 is 0 Å². The average Bonchev–Trinajstić information content (AvgIpc) is 2.87. The van der Waals surface area contributed by atoms with Crippen LogP contribution < -0.4 is 0 Å². The summed E-state index contributed by atoms with van der Waals surface area (Å²) in [6.07, 6.45) is 0. The Kier molecular flexibility index (Phi) is 3.83. The molecule has 0 unspecified atom stereocenters. The SMILES string of the molecule is OCc1cc2c(cc1CO)CN(Cc1ccccc1)C2. The highest BCUT2D eigenvalue weighted by atomic mass is 16.3. The fraction of sp³-hybridized carbons (Fsp3) is 0.294. The van der Waals surface area contributed by atoms with Gasteiger partial charge >= 0.3 is 0 Å². The standard InChI is InChI=1S/C17H19NO2/c19-11-16-6-14-9-18(8-13-4-2-1-3-5-13)10-15(14)7-17(16)12-20/h1-7,19-20H,8-12H2. The van der Waals surface area contributed by atoms with Crippen LogP contribution in [0.3, 0.4) is 0 Å². The monoisotopic (exact) mass is 269 g/mol. The van der Waals surface area contributed by atoms with Gasteiger partial charge in [0.15, 0.2) is 0 Å². The van der Waals surface area contributed by atoms with Crippen molar-refractivity contribution in [2.75, 3.05) is 0 Å². The van der Waals surface area contributed by atoms with Crippen LogP contribution in [0.25, 0.3) is 0 Å². The van der Waals surface area contributed by atoms with E-state index in [0.717, 1.165) is 30.8 Å². The van der Waals surface area contributed by atoms with E-state index in [9.17, 15) is 10.2 Å². The molecule has 0 atom stereocenters. The lowest BCUT2D eigenvalue weighted by atomic mass is 10.0. The number of fused-ring (bicyclic) bond motifs is 1. The molecular weight excluding hydrogens is 250 g/mol. The molecule has 1 aliphatic heterocycles. The Bertz CT molecular complexity index is 562. The minimum atomic E-state index is -0.0120. The summed E-state index contributed by atoms with van der Waals surface area (Å²) in [4.78, 5) is 2.38. The molecule has 3 nitrogen and oxygen atoms in total. The molecule has 0 aromatic heterocycles. The fourth-order valence-electron chi connectivity index (χ4n) is 2.87. The van der Waals surface area contributed by atoms with Crippen molar-refractivity contribution >= 4 is 0 Å². The number of rotatable bonds is 4. The Morgan fingerprint density at radius 2 is 1.40 bits per heavy atom. The molecule has 2 aromatic rings. The van der Waals surface area contributed by atoms with E-state index in [-0.39, 0.29) is 13.2 Å². The van der Waals surface area contributed by atoms with E-state index in [2.05, 4.69) is 29.2 Å². The molecule has 0 spiro atoms. The van der Waals surface area contributed by atoms with E-state index >= 15 is 0 Å². The lowest BCUT2D eigenvalue weighted by Crippen LogP contribution is -2.15. The van der Waals surface area contributed by atoms with E-state index in [0.29, 0.717) is 0 Å². The van der Waals surface area contributed by atoms with E-state index in [1.54, 1.807) is 0 Å². The van der Waals surface area contributed by atoms with Gasteiger partial charge in [0.1, 0.15) is 0 Å². The topological polar surface area (TPSA) is 43.7 Å². The summed E-state index contributed by atoms with van der Waals surface area (Å²) in [6, 6.07) is 14.5. The number of nitrogens with zero attached hydrogens (tertiary/aromatic N) is 1. The number of hydrogen-bond donors (Lipinski definition) is 2. The third-order valence-corrected chi connectivity index (χ3v) is 3.90. The van der Waals surface area contributed by atoms with Crippen LogP contribution in [-0.4, -0.2) is 15.1 Å². The molecule has 1 heterocycles. The maximum absolute atomic E-state index is 9.36. The van der Waals surface area contributed by atoms with Gasteiger partial charge < -0.3 is 10.2 Å². The number of hydrogen-bond acceptors (Lipinski definition) is 3. The molecule has 20 heavy (non-hydrogen) atoms. The first kappa shape index (κ1) is 13.3. The van der Waals surface area contributed by atoms with Crippen molar-refractivity contribution in [3.8, 4) is 0 Å². The second kappa shape index (κ2) is 5.75. The van der Waals surface area contributed by atoms with Crippen molar-refractivity contribution < 1.29 is 10.2 Å². The van der Waals surface area contributed by atoms with Crippen LogP contribution in [0.4, 0.5) is 0 Å². The zero-order valence-electron chi connectivity index (χ0n) is 11.4. The lowest BCUT2D eigenvalue weighted by Gasteiger charge is -2.14. The second-order valence-electron chi connectivity index (χ2n) is 5.34. The van der Waals surface area contributed by atoms with Crippen LogP contribution in [0.1, 0.15) is 27.8 Å². The van der Waals surface area contributed by atoms with Crippen molar-refractivity contribution in [1.29, 1.82) is 0 Å². The summed E-state index contributed by atoms with van der Waals surface area (Å²) in [6.45, 7) is 2.72. The maximum Gasteiger partial charge on any atom is 0.0685 e. The first-order valence-corrected chi connectivity index (χ1v) is 6.91. The quantitative estimate of drug-likeness (QED) is 0.894. The summed E-state index contributed by atoms with van der Waals surface area (Å²) in [5, 5.41) is 18.7. The van der Waals surface area contributed by atoms with Gasteiger partial charge in [-0.25, -0.2) is 0 Å². The Morgan fingerprint density at radius 3 is 1.90 bits per heavy atom. The fourth-order valence-corrected chi connectivity index (χ4v) is 2.87. The normalized spacial score (nSPS) is 14.5. The second-order valence-corrected chi connectivity index (χ2v) is 5.34. The summed E-state index contributed by atoms with van der Waals surface area (Å²) in [5.41, 5.74) is 5.52. The van der Waals surface area contributed by atoms with Gasteiger partial charge in [0.25, 0.3) is 0 Å². The van der Waals surface area contributed by atoms with E-state index < -0.39 is 0 Å². The summed E-state index contributed by atoms with van der Waals surface area (Å²) >= 11 is 0. The van der Waals surface area contributed by atoms with Gasteiger partial charge in [-0.1, -0.05) is 42.5 Å². The molecule has 104 valence electrons. The third-order valence-electron chi connectivity index (χ3n) is 3.90. The van der Waals surface area contributed by atoms with Gasteiger partial charge in [0.2, 0.25) is 0 Å². The van der Waals surface area contributed by atoms with Crippen molar-refractivity contribution in [2.45, 2.75) is 32.8 Å². The molecule has 1 aliphatic rings. The lowest BCUT2D eigenvalue weighted by molar-refractivity contribution is 0.260. The zero-order chi connectivity index (χ0) is 13.9. The largest absolute Gasteiger partial charge is 0.392 e. The van der Waals surface area contributed by atoms with Gasteiger partial charge in [-0.3, -0.25) is 4.90 Å². The molecule has 2 N–H and O–H groups in total.